The fourth-order valence-electron chi connectivity index (χ4n) is 1.89. The molecule has 0 aliphatic rings. The van der Waals surface area contributed by atoms with E-state index in [0.29, 0.717) is 22.4 Å². The van der Waals surface area contributed by atoms with E-state index in [9.17, 15) is 0 Å². The van der Waals surface area contributed by atoms with Gasteiger partial charge in [0.15, 0.2) is 5.82 Å². The van der Waals surface area contributed by atoms with Gasteiger partial charge in [-0.1, -0.05) is 17.7 Å². The van der Waals surface area contributed by atoms with Gasteiger partial charge in [0.25, 0.3) is 0 Å². The predicted octanol–water partition coefficient (Wildman–Crippen LogP) is 3.88. The quantitative estimate of drug-likeness (QED) is 0.758. The standard InChI is InChI=1S/C16H11ClN6/c17-12-4-6-13(7-5-12)21-16-22-15(10-19-23-16)20-14-3-1-2-11(8-14)9-18/h1-8,10H,(H2,20,21,22,23). The zero-order valence-electron chi connectivity index (χ0n) is 11.9. The van der Waals surface area contributed by atoms with Gasteiger partial charge in [0, 0.05) is 16.4 Å². The summed E-state index contributed by atoms with van der Waals surface area (Å²) in [6.45, 7) is 0. The van der Waals surface area contributed by atoms with E-state index >= 15 is 0 Å². The number of halogens is 1. The van der Waals surface area contributed by atoms with Crippen LogP contribution in [-0.2, 0) is 0 Å². The van der Waals surface area contributed by atoms with Crippen molar-refractivity contribution in [2.24, 2.45) is 0 Å². The number of hydrogen-bond donors (Lipinski definition) is 2. The number of nitrogens with one attached hydrogen (secondary N) is 2. The lowest BCUT2D eigenvalue weighted by molar-refractivity contribution is 0.982. The molecule has 0 amide bonds. The number of aromatic nitrogens is 3. The van der Waals surface area contributed by atoms with Gasteiger partial charge in [-0.15, -0.1) is 5.10 Å². The Balaban J connectivity index is 1.77. The molecule has 2 N–H and O–H groups in total. The summed E-state index contributed by atoms with van der Waals surface area (Å²) >= 11 is 5.85. The molecule has 23 heavy (non-hydrogen) atoms. The van der Waals surface area contributed by atoms with Gasteiger partial charge in [0.05, 0.1) is 17.8 Å². The van der Waals surface area contributed by atoms with E-state index in [1.807, 2.05) is 18.2 Å². The van der Waals surface area contributed by atoms with Crippen molar-refractivity contribution in [2.75, 3.05) is 10.6 Å². The highest BCUT2D eigenvalue weighted by atomic mass is 35.5. The zero-order chi connectivity index (χ0) is 16.1. The molecule has 0 aliphatic carbocycles. The highest BCUT2D eigenvalue weighted by Gasteiger charge is 2.03. The fourth-order valence-corrected chi connectivity index (χ4v) is 2.02. The Bertz CT molecular complexity index is 857. The van der Waals surface area contributed by atoms with Gasteiger partial charge in [-0.3, -0.25) is 0 Å². The molecule has 0 aliphatic heterocycles. The molecule has 0 unspecified atom stereocenters. The highest BCUT2D eigenvalue weighted by molar-refractivity contribution is 6.30. The third-order valence-electron chi connectivity index (χ3n) is 2.92. The Morgan fingerprint density at radius 1 is 1.00 bits per heavy atom. The Labute approximate surface area is 137 Å². The minimum absolute atomic E-state index is 0.355. The van der Waals surface area contributed by atoms with Crippen molar-refractivity contribution in [1.82, 2.24) is 15.2 Å². The first-order valence-electron chi connectivity index (χ1n) is 6.72. The van der Waals surface area contributed by atoms with Gasteiger partial charge in [0.1, 0.15) is 0 Å². The number of rotatable bonds is 4. The van der Waals surface area contributed by atoms with Gasteiger partial charge in [-0.05, 0) is 42.5 Å². The lowest BCUT2D eigenvalue weighted by atomic mass is 10.2. The van der Waals surface area contributed by atoms with E-state index in [2.05, 4.69) is 31.9 Å². The number of nitriles is 1. The number of anilines is 4. The molecule has 1 heterocycles. The van der Waals surface area contributed by atoms with E-state index in [4.69, 9.17) is 16.9 Å². The maximum absolute atomic E-state index is 8.92. The Hall–Kier alpha value is -3.17. The van der Waals surface area contributed by atoms with Crippen molar-refractivity contribution >= 4 is 34.7 Å². The molecule has 7 heteroatoms. The summed E-state index contributed by atoms with van der Waals surface area (Å²) < 4.78 is 0. The van der Waals surface area contributed by atoms with Crippen molar-refractivity contribution in [3.63, 3.8) is 0 Å². The molecule has 0 saturated heterocycles. The molecule has 0 fully saturated rings. The lowest BCUT2D eigenvalue weighted by Gasteiger charge is -2.08. The molecule has 0 radical (unpaired) electrons. The number of hydrogen-bond acceptors (Lipinski definition) is 6. The van der Waals surface area contributed by atoms with Crippen molar-refractivity contribution in [3.8, 4) is 6.07 Å². The summed E-state index contributed by atoms with van der Waals surface area (Å²) in [5.41, 5.74) is 2.12. The van der Waals surface area contributed by atoms with Crippen LogP contribution in [-0.4, -0.2) is 15.2 Å². The Morgan fingerprint density at radius 2 is 1.83 bits per heavy atom. The molecular formula is C16H11ClN6. The Morgan fingerprint density at radius 3 is 2.61 bits per heavy atom. The van der Waals surface area contributed by atoms with E-state index in [0.717, 1.165) is 11.4 Å². The topological polar surface area (TPSA) is 86.5 Å². The van der Waals surface area contributed by atoms with Crippen LogP contribution in [0.15, 0.2) is 54.7 Å². The SMILES string of the molecule is N#Cc1cccc(Nc2cnnc(Nc3ccc(Cl)cc3)n2)c1. The first kappa shape index (κ1) is 14.8. The van der Waals surface area contributed by atoms with E-state index < -0.39 is 0 Å². The van der Waals surface area contributed by atoms with Crippen LogP contribution in [0.25, 0.3) is 0 Å². The van der Waals surface area contributed by atoms with Crippen LogP contribution in [0, 0.1) is 11.3 Å². The van der Waals surface area contributed by atoms with Crippen molar-refractivity contribution in [2.45, 2.75) is 0 Å². The molecule has 3 rings (SSSR count). The maximum Gasteiger partial charge on any atom is 0.249 e. The largest absolute Gasteiger partial charge is 0.339 e. The average molecular weight is 323 g/mol. The van der Waals surface area contributed by atoms with E-state index in [-0.39, 0.29) is 0 Å². The molecule has 2 aromatic carbocycles. The van der Waals surface area contributed by atoms with Crippen molar-refractivity contribution in [1.29, 1.82) is 5.26 Å². The normalized spacial score (nSPS) is 9.91. The summed E-state index contributed by atoms with van der Waals surface area (Å²) in [4.78, 5) is 4.33. The summed E-state index contributed by atoms with van der Waals surface area (Å²) in [6, 6.07) is 16.4. The maximum atomic E-state index is 8.92. The molecule has 112 valence electrons. The molecule has 0 spiro atoms. The van der Waals surface area contributed by atoms with Crippen LogP contribution in [0.5, 0.6) is 0 Å². The van der Waals surface area contributed by atoms with E-state index in [1.54, 1.807) is 30.3 Å². The first-order chi connectivity index (χ1) is 11.2. The highest BCUT2D eigenvalue weighted by Crippen LogP contribution is 2.19. The van der Waals surface area contributed by atoms with Crippen LogP contribution in [0.2, 0.25) is 5.02 Å². The predicted molar refractivity (Wildman–Crippen MR) is 89.0 cm³/mol. The van der Waals surface area contributed by atoms with Crippen LogP contribution in [0.3, 0.4) is 0 Å². The average Bonchev–Trinajstić information content (AvgIpc) is 2.57. The third-order valence-corrected chi connectivity index (χ3v) is 3.18. The molecule has 6 nitrogen and oxygen atoms in total. The van der Waals surface area contributed by atoms with Gasteiger partial charge < -0.3 is 10.6 Å². The minimum Gasteiger partial charge on any atom is -0.339 e. The third kappa shape index (κ3) is 3.93. The lowest BCUT2D eigenvalue weighted by Crippen LogP contribution is -2.02. The van der Waals surface area contributed by atoms with E-state index in [1.165, 1.54) is 6.20 Å². The number of nitrogens with zero attached hydrogens (tertiary/aromatic N) is 4. The summed E-state index contributed by atoms with van der Waals surface area (Å²) in [5.74, 6) is 0.875. The van der Waals surface area contributed by atoms with Crippen LogP contribution in [0.1, 0.15) is 5.56 Å². The van der Waals surface area contributed by atoms with Crippen LogP contribution in [0.4, 0.5) is 23.1 Å². The second-order valence-electron chi connectivity index (χ2n) is 4.61. The smallest absolute Gasteiger partial charge is 0.249 e. The second kappa shape index (κ2) is 6.73. The minimum atomic E-state index is 0.355. The zero-order valence-corrected chi connectivity index (χ0v) is 12.6. The summed E-state index contributed by atoms with van der Waals surface area (Å²) in [6.07, 6.45) is 1.51. The van der Waals surface area contributed by atoms with Gasteiger partial charge in [0.2, 0.25) is 5.95 Å². The van der Waals surface area contributed by atoms with Crippen molar-refractivity contribution in [3.05, 3.63) is 65.3 Å². The molecular weight excluding hydrogens is 312 g/mol. The van der Waals surface area contributed by atoms with Crippen LogP contribution >= 0.6 is 11.6 Å². The fraction of sp³-hybridized carbons (Fsp3) is 0. The van der Waals surface area contributed by atoms with Gasteiger partial charge >= 0.3 is 0 Å². The summed E-state index contributed by atoms with van der Waals surface area (Å²) in [5, 5.41) is 23.6. The molecule has 1 aromatic heterocycles. The first-order valence-corrected chi connectivity index (χ1v) is 7.10. The number of benzene rings is 2. The molecule has 3 aromatic rings. The van der Waals surface area contributed by atoms with Crippen LogP contribution < -0.4 is 10.6 Å². The van der Waals surface area contributed by atoms with Gasteiger partial charge in [-0.25, -0.2) is 0 Å². The van der Waals surface area contributed by atoms with Crippen molar-refractivity contribution < 1.29 is 0 Å². The molecule has 0 saturated carbocycles. The monoisotopic (exact) mass is 322 g/mol. The Kier molecular flexibility index (Phi) is 4.32. The summed E-state index contributed by atoms with van der Waals surface area (Å²) in [7, 11) is 0. The molecule has 0 bridgehead atoms. The second-order valence-corrected chi connectivity index (χ2v) is 5.05. The van der Waals surface area contributed by atoms with Gasteiger partial charge in [-0.2, -0.15) is 15.3 Å². The molecule has 0 atom stereocenters.